The SMILES string of the molecule is CC(C)(C)c1cc(N)c2cccc(OCC(F)(F)F)c2n1. The number of para-hydroxylation sites is 1. The quantitative estimate of drug-likeness (QED) is 0.909. The fraction of sp³-hybridized carbons (Fsp3) is 0.400. The van der Waals surface area contributed by atoms with Crippen molar-refractivity contribution in [3.05, 3.63) is 30.0 Å². The van der Waals surface area contributed by atoms with E-state index in [4.69, 9.17) is 10.5 Å². The maximum absolute atomic E-state index is 12.3. The first-order valence-corrected chi connectivity index (χ1v) is 6.47. The maximum atomic E-state index is 12.3. The number of rotatable bonds is 2. The van der Waals surface area contributed by atoms with Crippen molar-refractivity contribution in [2.45, 2.75) is 32.4 Å². The molecule has 1 aromatic heterocycles. The summed E-state index contributed by atoms with van der Waals surface area (Å²) in [7, 11) is 0. The van der Waals surface area contributed by atoms with Crippen LogP contribution in [0.1, 0.15) is 26.5 Å². The van der Waals surface area contributed by atoms with Crippen LogP contribution in [-0.4, -0.2) is 17.8 Å². The van der Waals surface area contributed by atoms with Crippen LogP contribution in [0.2, 0.25) is 0 Å². The first kappa shape index (κ1) is 15.4. The van der Waals surface area contributed by atoms with Gasteiger partial charge in [0.2, 0.25) is 0 Å². The summed E-state index contributed by atoms with van der Waals surface area (Å²) in [6.07, 6.45) is -4.39. The van der Waals surface area contributed by atoms with E-state index >= 15 is 0 Å². The number of fused-ring (bicyclic) bond motifs is 1. The molecule has 0 bridgehead atoms. The summed E-state index contributed by atoms with van der Waals surface area (Å²) in [5.41, 5.74) is 7.25. The molecule has 0 aliphatic heterocycles. The van der Waals surface area contributed by atoms with Gasteiger partial charge in [0.05, 0.1) is 0 Å². The Morgan fingerprint density at radius 1 is 1.19 bits per heavy atom. The number of nitrogens with two attached hydrogens (primary N) is 1. The average molecular weight is 298 g/mol. The van der Waals surface area contributed by atoms with Crippen molar-refractivity contribution in [3.8, 4) is 5.75 Å². The van der Waals surface area contributed by atoms with Crippen molar-refractivity contribution in [2.24, 2.45) is 0 Å². The van der Waals surface area contributed by atoms with Crippen LogP contribution < -0.4 is 10.5 Å². The second-order valence-corrected chi connectivity index (χ2v) is 5.90. The number of nitrogen functional groups attached to an aromatic ring is 1. The van der Waals surface area contributed by atoms with Crippen LogP contribution in [0.3, 0.4) is 0 Å². The molecule has 0 amide bonds. The molecule has 0 fully saturated rings. The van der Waals surface area contributed by atoms with E-state index in [1.165, 1.54) is 6.07 Å². The van der Waals surface area contributed by atoms with Crippen molar-refractivity contribution < 1.29 is 17.9 Å². The zero-order valence-corrected chi connectivity index (χ0v) is 12.1. The summed E-state index contributed by atoms with van der Waals surface area (Å²) in [5.74, 6) is 0.0858. The third kappa shape index (κ3) is 3.56. The molecule has 114 valence electrons. The number of pyridine rings is 1. The molecule has 0 atom stereocenters. The van der Waals surface area contributed by atoms with Gasteiger partial charge in [-0.25, -0.2) is 4.98 Å². The molecule has 1 aromatic carbocycles. The van der Waals surface area contributed by atoms with Gasteiger partial charge in [0.1, 0.15) is 11.3 Å². The number of benzene rings is 1. The van der Waals surface area contributed by atoms with Crippen molar-refractivity contribution in [3.63, 3.8) is 0 Å². The van der Waals surface area contributed by atoms with Gasteiger partial charge in [-0.3, -0.25) is 0 Å². The predicted molar refractivity (Wildman–Crippen MR) is 76.4 cm³/mol. The number of alkyl halides is 3. The lowest BCUT2D eigenvalue weighted by Gasteiger charge is -2.20. The van der Waals surface area contributed by atoms with E-state index in [9.17, 15) is 13.2 Å². The molecule has 2 N–H and O–H groups in total. The average Bonchev–Trinajstić information content (AvgIpc) is 2.34. The van der Waals surface area contributed by atoms with Crippen LogP contribution in [0.5, 0.6) is 5.75 Å². The Morgan fingerprint density at radius 2 is 1.86 bits per heavy atom. The molecular weight excluding hydrogens is 281 g/mol. The van der Waals surface area contributed by atoms with E-state index in [0.29, 0.717) is 22.3 Å². The maximum Gasteiger partial charge on any atom is 0.422 e. The predicted octanol–water partition coefficient (Wildman–Crippen LogP) is 4.06. The van der Waals surface area contributed by atoms with Crippen LogP contribution in [0.4, 0.5) is 18.9 Å². The summed E-state index contributed by atoms with van der Waals surface area (Å²) >= 11 is 0. The van der Waals surface area contributed by atoms with Gasteiger partial charge in [0.25, 0.3) is 0 Å². The Morgan fingerprint density at radius 3 is 2.43 bits per heavy atom. The molecule has 0 aliphatic rings. The number of anilines is 1. The van der Waals surface area contributed by atoms with Crippen LogP contribution in [0.15, 0.2) is 24.3 Å². The molecule has 0 radical (unpaired) electrons. The van der Waals surface area contributed by atoms with Gasteiger partial charge in [-0.05, 0) is 12.1 Å². The summed E-state index contributed by atoms with van der Waals surface area (Å²) in [4.78, 5) is 4.44. The Kier molecular flexibility index (Phi) is 3.74. The van der Waals surface area contributed by atoms with Gasteiger partial charge >= 0.3 is 6.18 Å². The molecule has 2 aromatic rings. The van der Waals surface area contributed by atoms with Crippen molar-refractivity contribution >= 4 is 16.6 Å². The standard InChI is InChI=1S/C15H17F3N2O/c1-14(2,3)12-7-10(19)9-5-4-6-11(13(9)20-12)21-8-15(16,17)18/h4-7H,8H2,1-3H3,(H2,19,20). The first-order valence-electron chi connectivity index (χ1n) is 6.47. The number of ether oxygens (including phenoxy) is 1. The lowest BCUT2D eigenvalue weighted by Crippen LogP contribution is -2.19. The molecule has 6 heteroatoms. The summed E-state index contributed by atoms with van der Waals surface area (Å²) < 4.78 is 41.8. The highest BCUT2D eigenvalue weighted by molar-refractivity contribution is 5.94. The van der Waals surface area contributed by atoms with Gasteiger partial charge in [-0.1, -0.05) is 32.9 Å². The minimum absolute atomic E-state index is 0.0858. The zero-order chi connectivity index (χ0) is 15.8. The highest BCUT2D eigenvalue weighted by Crippen LogP contribution is 2.32. The monoisotopic (exact) mass is 298 g/mol. The van der Waals surface area contributed by atoms with Gasteiger partial charge < -0.3 is 10.5 Å². The van der Waals surface area contributed by atoms with E-state index in [2.05, 4.69) is 4.98 Å². The molecule has 1 heterocycles. The number of hydrogen-bond acceptors (Lipinski definition) is 3. The number of halogens is 3. The first-order chi connectivity index (χ1) is 9.58. The van der Waals surface area contributed by atoms with Crippen LogP contribution in [-0.2, 0) is 5.41 Å². The molecule has 0 saturated carbocycles. The summed E-state index contributed by atoms with van der Waals surface area (Å²) in [6, 6.07) is 6.52. The van der Waals surface area contributed by atoms with Crippen molar-refractivity contribution in [1.82, 2.24) is 4.98 Å². The Bertz CT molecular complexity index is 660. The molecule has 0 spiro atoms. The normalized spacial score (nSPS) is 12.7. The fourth-order valence-electron chi connectivity index (χ4n) is 1.91. The van der Waals surface area contributed by atoms with Gasteiger partial charge in [0.15, 0.2) is 6.61 Å². The third-order valence-corrected chi connectivity index (χ3v) is 2.99. The van der Waals surface area contributed by atoms with Gasteiger partial charge in [0, 0.05) is 22.2 Å². The molecule has 2 rings (SSSR count). The zero-order valence-electron chi connectivity index (χ0n) is 12.1. The topological polar surface area (TPSA) is 48.1 Å². The molecule has 3 nitrogen and oxygen atoms in total. The Labute approximate surface area is 120 Å². The molecule has 0 saturated heterocycles. The minimum atomic E-state index is -4.39. The summed E-state index contributed by atoms with van der Waals surface area (Å²) in [6.45, 7) is 4.52. The van der Waals surface area contributed by atoms with Crippen LogP contribution in [0, 0.1) is 0 Å². The number of aromatic nitrogens is 1. The molecule has 21 heavy (non-hydrogen) atoms. The highest BCUT2D eigenvalue weighted by Gasteiger charge is 2.29. The Hall–Kier alpha value is -1.98. The lowest BCUT2D eigenvalue weighted by atomic mass is 9.91. The molecule has 0 aliphatic carbocycles. The van der Waals surface area contributed by atoms with Crippen LogP contribution >= 0.6 is 0 Å². The number of hydrogen-bond donors (Lipinski definition) is 1. The van der Waals surface area contributed by atoms with Crippen LogP contribution in [0.25, 0.3) is 10.9 Å². The third-order valence-electron chi connectivity index (χ3n) is 2.99. The smallest absolute Gasteiger partial charge is 0.422 e. The lowest BCUT2D eigenvalue weighted by molar-refractivity contribution is -0.153. The van der Waals surface area contributed by atoms with E-state index in [-0.39, 0.29) is 11.2 Å². The van der Waals surface area contributed by atoms with Crippen molar-refractivity contribution in [2.75, 3.05) is 12.3 Å². The van der Waals surface area contributed by atoms with E-state index in [1.807, 2.05) is 20.8 Å². The van der Waals surface area contributed by atoms with E-state index < -0.39 is 12.8 Å². The highest BCUT2D eigenvalue weighted by atomic mass is 19.4. The van der Waals surface area contributed by atoms with E-state index in [0.717, 1.165) is 0 Å². The van der Waals surface area contributed by atoms with Crippen molar-refractivity contribution in [1.29, 1.82) is 0 Å². The Balaban J connectivity index is 2.54. The number of nitrogens with zero attached hydrogens (tertiary/aromatic N) is 1. The fourth-order valence-corrected chi connectivity index (χ4v) is 1.91. The summed E-state index contributed by atoms with van der Waals surface area (Å²) in [5, 5.41) is 0.586. The largest absolute Gasteiger partial charge is 0.482 e. The van der Waals surface area contributed by atoms with E-state index in [1.54, 1.807) is 18.2 Å². The van der Waals surface area contributed by atoms with Gasteiger partial charge in [-0.15, -0.1) is 0 Å². The second-order valence-electron chi connectivity index (χ2n) is 5.90. The minimum Gasteiger partial charge on any atom is -0.482 e. The molecule has 0 unspecified atom stereocenters. The molecular formula is C15H17F3N2O. The van der Waals surface area contributed by atoms with Gasteiger partial charge in [-0.2, -0.15) is 13.2 Å². The second kappa shape index (κ2) is 5.09.